The average Bonchev–Trinajstić information content (AvgIpc) is 2.86. The van der Waals surface area contributed by atoms with Gasteiger partial charge in [0.15, 0.2) is 5.69 Å². The van der Waals surface area contributed by atoms with E-state index in [0.717, 1.165) is 28.7 Å². The third kappa shape index (κ3) is 2.76. The smallest absolute Gasteiger partial charge is 0.295 e. The van der Waals surface area contributed by atoms with Crippen LogP contribution >= 0.6 is 0 Å². The van der Waals surface area contributed by atoms with Gasteiger partial charge in [-0.1, -0.05) is 18.2 Å². The lowest BCUT2D eigenvalue weighted by atomic mass is 10.1. The van der Waals surface area contributed by atoms with Crippen molar-refractivity contribution in [2.24, 2.45) is 0 Å². The number of alkyl halides is 6. The normalized spacial score (nSPS) is 12.8. The van der Waals surface area contributed by atoms with Gasteiger partial charge in [0.05, 0.1) is 5.56 Å². The standard InChI is InChI=1S/C15H8F6N2/c16-14(17,18)10-6-4-9(5-7-10)12-13(15(19,20)21)23-8-2-1-3-11(23)22-12/h1-8H. The zero-order valence-corrected chi connectivity index (χ0v) is 11.3. The number of fused-ring (bicyclic) bond motifs is 1. The van der Waals surface area contributed by atoms with E-state index in [-0.39, 0.29) is 11.2 Å². The summed E-state index contributed by atoms with van der Waals surface area (Å²) >= 11 is 0. The molecule has 0 saturated heterocycles. The van der Waals surface area contributed by atoms with Crippen LogP contribution < -0.4 is 0 Å². The van der Waals surface area contributed by atoms with Gasteiger partial charge < -0.3 is 0 Å². The van der Waals surface area contributed by atoms with Crippen molar-refractivity contribution in [1.29, 1.82) is 0 Å². The Labute approximate surface area is 126 Å². The summed E-state index contributed by atoms with van der Waals surface area (Å²) in [4.78, 5) is 3.90. The second-order valence-corrected chi connectivity index (χ2v) is 4.81. The molecule has 2 nitrogen and oxygen atoms in total. The van der Waals surface area contributed by atoms with Crippen molar-refractivity contribution in [2.75, 3.05) is 0 Å². The number of halogens is 6. The van der Waals surface area contributed by atoms with Crippen molar-refractivity contribution in [2.45, 2.75) is 12.4 Å². The Hall–Kier alpha value is -2.51. The largest absolute Gasteiger partial charge is 0.433 e. The van der Waals surface area contributed by atoms with Crippen molar-refractivity contribution < 1.29 is 26.3 Å². The van der Waals surface area contributed by atoms with Crippen LogP contribution in [0.3, 0.4) is 0 Å². The Bertz CT molecular complexity index is 843. The van der Waals surface area contributed by atoms with Crippen molar-refractivity contribution in [1.82, 2.24) is 9.38 Å². The highest BCUT2D eigenvalue weighted by Gasteiger charge is 2.38. The van der Waals surface area contributed by atoms with Crippen LogP contribution in [-0.4, -0.2) is 9.38 Å². The Kier molecular flexibility index (Phi) is 3.35. The molecule has 8 heteroatoms. The number of aromatic nitrogens is 2. The molecule has 0 N–H and O–H groups in total. The monoisotopic (exact) mass is 330 g/mol. The Morgan fingerprint density at radius 2 is 1.43 bits per heavy atom. The zero-order valence-electron chi connectivity index (χ0n) is 11.3. The SMILES string of the molecule is FC(F)(F)c1ccc(-c2nc3ccccn3c2C(F)(F)F)cc1. The highest BCUT2D eigenvalue weighted by atomic mass is 19.4. The molecule has 0 unspecified atom stereocenters. The third-order valence-corrected chi connectivity index (χ3v) is 3.28. The first-order valence-corrected chi connectivity index (χ1v) is 6.40. The second-order valence-electron chi connectivity index (χ2n) is 4.81. The molecule has 0 spiro atoms. The molecular weight excluding hydrogens is 322 g/mol. The number of benzene rings is 1. The Balaban J connectivity index is 2.20. The number of hydrogen-bond donors (Lipinski definition) is 0. The summed E-state index contributed by atoms with van der Waals surface area (Å²) in [6.07, 6.45) is -8.04. The fraction of sp³-hybridized carbons (Fsp3) is 0.133. The van der Waals surface area contributed by atoms with E-state index in [2.05, 4.69) is 4.98 Å². The summed E-state index contributed by atoms with van der Waals surface area (Å²) in [5, 5.41) is 0. The van der Waals surface area contributed by atoms with Crippen LogP contribution in [0.5, 0.6) is 0 Å². The minimum atomic E-state index is -4.70. The molecule has 120 valence electrons. The van der Waals surface area contributed by atoms with Crippen molar-refractivity contribution in [3.8, 4) is 11.3 Å². The quantitative estimate of drug-likeness (QED) is 0.572. The summed E-state index contributed by atoms with van der Waals surface area (Å²) in [7, 11) is 0. The minimum absolute atomic E-state index is 0.0333. The molecule has 2 heterocycles. The highest BCUT2D eigenvalue weighted by Crippen LogP contribution is 2.38. The van der Waals surface area contributed by atoms with Crippen LogP contribution in [0.1, 0.15) is 11.3 Å². The summed E-state index contributed by atoms with van der Waals surface area (Å²) in [5.74, 6) is 0. The predicted molar refractivity (Wildman–Crippen MR) is 70.6 cm³/mol. The van der Waals surface area contributed by atoms with Crippen LogP contribution in [0.4, 0.5) is 26.3 Å². The third-order valence-electron chi connectivity index (χ3n) is 3.28. The molecule has 0 saturated carbocycles. The van der Waals surface area contributed by atoms with Gasteiger partial charge in [-0.2, -0.15) is 26.3 Å². The van der Waals surface area contributed by atoms with Gasteiger partial charge in [0, 0.05) is 11.8 Å². The maximum Gasteiger partial charge on any atom is 0.433 e. The first-order valence-electron chi connectivity index (χ1n) is 6.40. The molecule has 0 atom stereocenters. The number of rotatable bonds is 1. The molecule has 0 radical (unpaired) electrons. The van der Waals surface area contributed by atoms with E-state index in [4.69, 9.17) is 0 Å². The fourth-order valence-corrected chi connectivity index (χ4v) is 2.29. The van der Waals surface area contributed by atoms with Crippen LogP contribution in [0, 0.1) is 0 Å². The van der Waals surface area contributed by atoms with Gasteiger partial charge in [-0.05, 0) is 24.3 Å². The van der Waals surface area contributed by atoms with E-state index in [9.17, 15) is 26.3 Å². The number of imidazole rings is 1. The minimum Gasteiger partial charge on any atom is -0.295 e. The molecule has 1 aromatic carbocycles. The van der Waals surface area contributed by atoms with Crippen LogP contribution in [-0.2, 0) is 12.4 Å². The Morgan fingerprint density at radius 3 is 2.00 bits per heavy atom. The summed E-state index contributed by atoms with van der Waals surface area (Å²) in [6.45, 7) is 0. The maximum absolute atomic E-state index is 13.3. The lowest BCUT2D eigenvalue weighted by Crippen LogP contribution is -2.10. The highest BCUT2D eigenvalue weighted by molar-refractivity contribution is 5.67. The van der Waals surface area contributed by atoms with Gasteiger partial charge in [-0.15, -0.1) is 0 Å². The van der Waals surface area contributed by atoms with Gasteiger partial charge in [-0.25, -0.2) is 4.98 Å². The molecule has 0 aliphatic carbocycles. The van der Waals surface area contributed by atoms with Gasteiger partial charge >= 0.3 is 12.4 Å². The van der Waals surface area contributed by atoms with Gasteiger partial charge in [-0.3, -0.25) is 4.40 Å². The lowest BCUT2D eigenvalue weighted by molar-refractivity contribution is -0.141. The lowest BCUT2D eigenvalue weighted by Gasteiger charge is -2.10. The number of nitrogens with zero attached hydrogens (tertiary/aromatic N) is 2. The van der Waals surface area contributed by atoms with Gasteiger partial charge in [0.2, 0.25) is 0 Å². The van der Waals surface area contributed by atoms with E-state index < -0.39 is 29.3 Å². The summed E-state index contributed by atoms with van der Waals surface area (Å²) < 4.78 is 78.5. The topological polar surface area (TPSA) is 17.3 Å². The maximum atomic E-state index is 13.3. The molecular formula is C15H8F6N2. The molecule has 23 heavy (non-hydrogen) atoms. The number of pyridine rings is 1. The molecule has 0 aliphatic heterocycles. The summed E-state index contributed by atoms with van der Waals surface area (Å²) in [6, 6.07) is 7.78. The first kappa shape index (κ1) is 15.4. The van der Waals surface area contributed by atoms with Crippen molar-refractivity contribution in [3.63, 3.8) is 0 Å². The molecule has 0 bridgehead atoms. The number of hydrogen-bond acceptors (Lipinski definition) is 1. The van der Waals surface area contributed by atoms with Crippen LogP contribution in [0.25, 0.3) is 16.9 Å². The molecule has 0 amide bonds. The van der Waals surface area contributed by atoms with E-state index in [1.807, 2.05) is 0 Å². The van der Waals surface area contributed by atoms with E-state index in [0.29, 0.717) is 0 Å². The summed E-state index contributed by atoms with van der Waals surface area (Å²) in [5.41, 5.74) is -2.33. The van der Waals surface area contributed by atoms with Crippen LogP contribution in [0.15, 0.2) is 48.7 Å². The van der Waals surface area contributed by atoms with Crippen molar-refractivity contribution in [3.05, 3.63) is 59.9 Å². The fourth-order valence-electron chi connectivity index (χ4n) is 2.29. The van der Waals surface area contributed by atoms with E-state index in [1.54, 1.807) is 0 Å². The van der Waals surface area contributed by atoms with Gasteiger partial charge in [0.25, 0.3) is 0 Å². The van der Waals surface area contributed by atoms with Gasteiger partial charge in [0.1, 0.15) is 11.3 Å². The first-order chi connectivity index (χ1) is 10.7. The van der Waals surface area contributed by atoms with E-state index >= 15 is 0 Å². The average molecular weight is 330 g/mol. The second kappa shape index (κ2) is 5.00. The Morgan fingerprint density at radius 1 is 0.783 bits per heavy atom. The molecule has 2 aromatic heterocycles. The van der Waals surface area contributed by atoms with Crippen LogP contribution in [0.2, 0.25) is 0 Å². The molecule has 3 aromatic rings. The van der Waals surface area contributed by atoms with Crippen molar-refractivity contribution >= 4 is 5.65 Å². The molecule has 0 fully saturated rings. The molecule has 0 aliphatic rings. The molecule has 3 rings (SSSR count). The zero-order chi connectivity index (χ0) is 16.8. The van der Waals surface area contributed by atoms with E-state index in [1.165, 1.54) is 24.4 Å². The predicted octanol–water partition coefficient (Wildman–Crippen LogP) is 5.04.